The van der Waals surface area contributed by atoms with Gasteiger partial charge in [-0.3, -0.25) is 9.48 Å². The number of carbonyl (C=O) groups excluding carboxylic acids is 1. The molecular formula is C24H22N4O3. The number of carbonyl (C=O) groups is 1. The summed E-state index contributed by atoms with van der Waals surface area (Å²) >= 11 is 0. The summed E-state index contributed by atoms with van der Waals surface area (Å²) in [6, 6.07) is 14.9. The lowest BCUT2D eigenvalue weighted by Gasteiger charge is -2.19. The second kappa shape index (κ2) is 7.43. The normalized spacial score (nSPS) is 12.7. The van der Waals surface area contributed by atoms with Crippen LogP contribution in [0.15, 0.2) is 48.5 Å². The third-order valence-corrected chi connectivity index (χ3v) is 5.53. The summed E-state index contributed by atoms with van der Waals surface area (Å²) < 4.78 is 13.0. The minimum atomic E-state index is -0.212. The van der Waals surface area contributed by atoms with E-state index in [1.807, 2.05) is 68.0 Å². The molecule has 2 aromatic heterocycles. The molecule has 156 valence electrons. The molecule has 0 saturated heterocycles. The van der Waals surface area contributed by atoms with Crippen molar-refractivity contribution in [3.63, 3.8) is 0 Å². The Balaban J connectivity index is 1.58. The van der Waals surface area contributed by atoms with Crippen molar-refractivity contribution in [2.24, 2.45) is 7.05 Å². The Kier molecular flexibility index (Phi) is 4.58. The van der Waals surface area contributed by atoms with Crippen LogP contribution >= 0.6 is 0 Å². The number of hydrogen-bond acceptors (Lipinski definition) is 5. The summed E-state index contributed by atoms with van der Waals surface area (Å²) in [5.41, 5.74) is 5.51. The van der Waals surface area contributed by atoms with E-state index in [2.05, 4.69) is 10.4 Å². The van der Waals surface area contributed by atoms with Crippen LogP contribution in [-0.2, 0) is 7.05 Å². The molecule has 0 radical (unpaired) electrons. The highest BCUT2D eigenvalue weighted by atomic mass is 16.6. The topological polar surface area (TPSA) is 78.3 Å². The third kappa shape index (κ3) is 3.38. The zero-order valence-corrected chi connectivity index (χ0v) is 17.6. The number of para-hydroxylation sites is 1. The van der Waals surface area contributed by atoms with Gasteiger partial charge in [0.25, 0.3) is 5.91 Å². The largest absolute Gasteiger partial charge is 0.486 e. The van der Waals surface area contributed by atoms with E-state index in [4.69, 9.17) is 14.5 Å². The summed E-state index contributed by atoms with van der Waals surface area (Å²) in [6.07, 6.45) is 0. The van der Waals surface area contributed by atoms with Gasteiger partial charge in [-0.15, -0.1) is 0 Å². The van der Waals surface area contributed by atoms with E-state index in [0.29, 0.717) is 36.0 Å². The molecule has 2 aromatic carbocycles. The summed E-state index contributed by atoms with van der Waals surface area (Å²) in [7, 11) is 1.91. The molecule has 0 saturated carbocycles. The van der Waals surface area contributed by atoms with Crippen LogP contribution in [0.1, 0.15) is 21.7 Å². The molecule has 7 heteroatoms. The molecule has 1 N–H and O–H groups in total. The Morgan fingerprint density at radius 2 is 1.81 bits per heavy atom. The van der Waals surface area contributed by atoms with E-state index in [9.17, 15) is 4.79 Å². The molecule has 0 bridgehead atoms. The minimum absolute atomic E-state index is 0.212. The van der Waals surface area contributed by atoms with Gasteiger partial charge in [-0.2, -0.15) is 5.10 Å². The number of aromatic nitrogens is 3. The van der Waals surface area contributed by atoms with E-state index >= 15 is 0 Å². The van der Waals surface area contributed by atoms with Crippen molar-refractivity contribution in [1.82, 2.24) is 14.8 Å². The molecule has 3 heterocycles. The van der Waals surface area contributed by atoms with Gasteiger partial charge in [0.05, 0.1) is 22.5 Å². The third-order valence-electron chi connectivity index (χ3n) is 5.53. The summed E-state index contributed by atoms with van der Waals surface area (Å²) in [6.45, 7) is 4.97. The van der Waals surface area contributed by atoms with Gasteiger partial charge in [-0.1, -0.05) is 18.2 Å². The summed E-state index contributed by atoms with van der Waals surface area (Å²) in [4.78, 5) is 18.1. The van der Waals surface area contributed by atoms with E-state index in [-0.39, 0.29) is 5.91 Å². The van der Waals surface area contributed by atoms with Gasteiger partial charge in [0.1, 0.15) is 13.2 Å². The second-order valence-corrected chi connectivity index (χ2v) is 7.55. The zero-order valence-electron chi connectivity index (χ0n) is 17.6. The predicted molar refractivity (Wildman–Crippen MR) is 119 cm³/mol. The number of aryl methyl sites for hydroxylation is 2. The Labute approximate surface area is 179 Å². The van der Waals surface area contributed by atoms with Crippen molar-refractivity contribution >= 4 is 22.5 Å². The smallest absolute Gasteiger partial charge is 0.256 e. The van der Waals surface area contributed by atoms with Crippen LogP contribution in [0.3, 0.4) is 0 Å². The maximum Gasteiger partial charge on any atom is 0.256 e. The molecule has 0 fully saturated rings. The molecular weight excluding hydrogens is 392 g/mol. The monoisotopic (exact) mass is 414 g/mol. The number of nitrogens with zero attached hydrogens (tertiary/aromatic N) is 3. The molecule has 31 heavy (non-hydrogen) atoms. The number of hydrogen-bond donors (Lipinski definition) is 1. The summed E-state index contributed by atoms with van der Waals surface area (Å²) in [5.74, 6) is 1.10. The van der Waals surface area contributed by atoms with Crippen LogP contribution in [0.25, 0.3) is 22.2 Å². The average molecular weight is 414 g/mol. The first-order valence-electron chi connectivity index (χ1n) is 10.1. The van der Waals surface area contributed by atoms with Crippen molar-refractivity contribution in [1.29, 1.82) is 0 Å². The van der Waals surface area contributed by atoms with Crippen molar-refractivity contribution in [3.8, 4) is 22.8 Å². The van der Waals surface area contributed by atoms with Crippen LogP contribution in [-0.4, -0.2) is 33.9 Å². The number of anilines is 1. The number of pyridine rings is 1. The Morgan fingerprint density at radius 1 is 1.03 bits per heavy atom. The van der Waals surface area contributed by atoms with E-state index in [1.165, 1.54) is 0 Å². The van der Waals surface area contributed by atoms with Crippen molar-refractivity contribution in [3.05, 3.63) is 65.5 Å². The van der Waals surface area contributed by atoms with Crippen LogP contribution in [0.4, 0.5) is 5.69 Å². The van der Waals surface area contributed by atoms with E-state index in [1.54, 1.807) is 6.07 Å². The van der Waals surface area contributed by atoms with Gasteiger partial charge < -0.3 is 14.8 Å². The minimum Gasteiger partial charge on any atom is -0.486 e. The quantitative estimate of drug-likeness (QED) is 0.542. The fraction of sp³-hybridized carbons (Fsp3) is 0.208. The maximum absolute atomic E-state index is 13.3. The van der Waals surface area contributed by atoms with Gasteiger partial charge in [0.15, 0.2) is 11.5 Å². The van der Waals surface area contributed by atoms with Crippen molar-refractivity contribution < 1.29 is 14.3 Å². The van der Waals surface area contributed by atoms with Gasteiger partial charge in [0.2, 0.25) is 0 Å². The number of rotatable bonds is 3. The lowest BCUT2D eigenvalue weighted by molar-refractivity contribution is 0.102. The van der Waals surface area contributed by atoms with Gasteiger partial charge in [0, 0.05) is 35.4 Å². The lowest BCUT2D eigenvalue weighted by Crippen LogP contribution is -2.16. The predicted octanol–water partition coefficient (Wildman–Crippen LogP) is 4.28. The van der Waals surface area contributed by atoms with Crippen LogP contribution in [0.2, 0.25) is 0 Å². The fourth-order valence-corrected chi connectivity index (χ4v) is 3.96. The number of benzene rings is 2. The number of nitrogens with one attached hydrogen (secondary N) is 1. The molecule has 0 aliphatic carbocycles. The first-order chi connectivity index (χ1) is 15.0. The van der Waals surface area contributed by atoms with Crippen molar-refractivity contribution in [2.75, 3.05) is 18.5 Å². The first-order valence-corrected chi connectivity index (χ1v) is 10.1. The van der Waals surface area contributed by atoms with Gasteiger partial charge >= 0.3 is 0 Å². The van der Waals surface area contributed by atoms with Crippen LogP contribution < -0.4 is 14.8 Å². The highest BCUT2D eigenvalue weighted by Gasteiger charge is 2.19. The van der Waals surface area contributed by atoms with Crippen LogP contribution in [0, 0.1) is 13.8 Å². The van der Waals surface area contributed by atoms with E-state index < -0.39 is 0 Å². The highest BCUT2D eigenvalue weighted by Crippen LogP contribution is 2.33. The number of amides is 1. The Hall–Kier alpha value is -3.87. The average Bonchev–Trinajstić information content (AvgIpc) is 3.04. The molecule has 0 spiro atoms. The van der Waals surface area contributed by atoms with Gasteiger partial charge in [-0.05, 0) is 38.1 Å². The first kappa shape index (κ1) is 19.1. The molecule has 5 rings (SSSR count). The van der Waals surface area contributed by atoms with Crippen LogP contribution in [0.5, 0.6) is 11.5 Å². The molecule has 1 aliphatic rings. The molecule has 4 aromatic rings. The van der Waals surface area contributed by atoms with Crippen molar-refractivity contribution in [2.45, 2.75) is 13.8 Å². The standard InChI is InChI=1S/C24H22N4O3/c1-14-23(15(2)28(3)27-14)20-13-18(17-6-4-5-7-19(17)26-20)24(29)25-16-8-9-21-22(12-16)31-11-10-30-21/h4-9,12-13H,10-11H2,1-3H3,(H,25,29). The lowest BCUT2D eigenvalue weighted by atomic mass is 10.0. The molecule has 1 amide bonds. The zero-order chi connectivity index (χ0) is 21.5. The number of fused-ring (bicyclic) bond motifs is 2. The molecule has 0 atom stereocenters. The Bertz CT molecular complexity index is 1330. The fourth-order valence-electron chi connectivity index (χ4n) is 3.96. The molecule has 1 aliphatic heterocycles. The maximum atomic E-state index is 13.3. The van der Waals surface area contributed by atoms with E-state index in [0.717, 1.165) is 33.5 Å². The second-order valence-electron chi connectivity index (χ2n) is 7.55. The molecule has 0 unspecified atom stereocenters. The SMILES string of the molecule is Cc1nn(C)c(C)c1-c1cc(C(=O)Nc2ccc3c(c2)OCCO3)c2ccccc2n1. The van der Waals surface area contributed by atoms with Gasteiger partial charge in [-0.25, -0.2) is 4.98 Å². The Morgan fingerprint density at radius 3 is 2.58 bits per heavy atom. The highest BCUT2D eigenvalue weighted by molar-refractivity contribution is 6.13. The number of ether oxygens (including phenoxy) is 2. The summed E-state index contributed by atoms with van der Waals surface area (Å²) in [5, 5.41) is 8.28. The molecule has 7 nitrogen and oxygen atoms in total.